The summed E-state index contributed by atoms with van der Waals surface area (Å²) in [7, 11) is 0. The summed E-state index contributed by atoms with van der Waals surface area (Å²) < 4.78 is 6.79. The van der Waals surface area contributed by atoms with Crippen LogP contribution in [0.2, 0.25) is 5.02 Å². The van der Waals surface area contributed by atoms with Crippen molar-refractivity contribution in [2.75, 3.05) is 31.1 Å². The first kappa shape index (κ1) is 19.9. The number of amides is 1. The molecule has 0 saturated carbocycles. The van der Waals surface area contributed by atoms with Gasteiger partial charge in [0.15, 0.2) is 10.9 Å². The van der Waals surface area contributed by atoms with Crippen LogP contribution in [-0.2, 0) is 0 Å². The molecular weight excluding hydrogens is 406 g/mol. The summed E-state index contributed by atoms with van der Waals surface area (Å²) >= 11 is 7.59. The van der Waals surface area contributed by atoms with Gasteiger partial charge in [0.05, 0.1) is 10.2 Å². The first-order chi connectivity index (χ1) is 14.1. The van der Waals surface area contributed by atoms with E-state index in [1.165, 1.54) is 11.3 Å². The first-order valence-electron chi connectivity index (χ1n) is 9.68. The van der Waals surface area contributed by atoms with Crippen molar-refractivity contribution >= 4 is 55.2 Å². The van der Waals surface area contributed by atoms with Crippen molar-refractivity contribution < 1.29 is 9.21 Å². The summed E-state index contributed by atoms with van der Waals surface area (Å²) in [5.74, 6) is 0.140. The van der Waals surface area contributed by atoms with Crippen LogP contribution < -0.4 is 4.90 Å². The number of fused-ring (bicyclic) bond motifs is 2. The highest BCUT2D eigenvalue weighted by Gasteiger charge is 2.24. The molecule has 7 heteroatoms. The first-order valence-corrected chi connectivity index (χ1v) is 10.9. The Bertz CT molecular complexity index is 1120. The molecule has 4 rings (SSSR count). The van der Waals surface area contributed by atoms with Gasteiger partial charge in [-0.05, 0) is 43.4 Å². The highest BCUT2D eigenvalue weighted by atomic mass is 35.5. The van der Waals surface area contributed by atoms with Gasteiger partial charge in [-0.2, -0.15) is 0 Å². The maximum Gasteiger partial charge on any atom is 0.295 e. The third-order valence-corrected chi connectivity index (χ3v) is 6.26. The monoisotopic (exact) mass is 427 g/mol. The lowest BCUT2D eigenvalue weighted by Gasteiger charge is -2.24. The number of carbonyl (C=O) groups excluding carboxylic acids is 1. The topological polar surface area (TPSA) is 49.6 Å². The second-order valence-corrected chi connectivity index (χ2v) is 8.19. The Morgan fingerprint density at radius 3 is 2.66 bits per heavy atom. The molecule has 0 N–H and O–H groups in total. The van der Waals surface area contributed by atoms with Gasteiger partial charge in [-0.3, -0.25) is 9.69 Å². The number of hydrogen-bond acceptors (Lipinski definition) is 5. The van der Waals surface area contributed by atoms with Crippen LogP contribution in [0.25, 0.3) is 21.2 Å². The van der Waals surface area contributed by atoms with Crippen molar-refractivity contribution in [2.45, 2.75) is 13.8 Å². The molecule has 0 aliphatic rings. The number of anilines is 1. The molecule has 2 aromatic carbocycles. The van der Waals surface area contributed by atoms with E-state index in [-0.39, 0.29) is 5.91 Å². The van der Waals surface area contributed by atoms with Crippen molar-refractivity contribution in [3.8, 4) is 0 Å². The highest BCUT2D eigenvalue weighted by molar-refractivity contribution is 7.22. The lowest BCUT2D eigenvalue weighted by molar-refractivity contribution is 0.0959. The zero-order chi connectivity index (χ0) is 20.4. The largest absolute Gasteiger partial charge is 0.451 e. The summed E-state index contributed by atoms with van der Waals surface area (Å²) in [4.78, 5) is 22.1. The quantitative estimate of drug-likeness (QED) is 0.380. The fraction of sp³-hybridized carbons (Fsp3) is 0.273. The Morgan fingerprint density at radius 2 is 1.90 bits per heavy atom. The average Bonchev–Trinajstić information content (AvgIpc) is 3.34. The van der Waals surface area contributed by atoms with Gasteiger partial charge < -0.3 is 9.32 Å². The Balaban J connectivity index is 1.70. The van der Waals surface area contributed by atoms with E-state index in [1.54, 1.807) is 11.0 Å². The predicted octanol–water partition coefficient (Wildman–Crippen LogP) is 5.68. The van der Waals surface area contributed by atoms with E-state index in [4.69, 9.17) is 16.0 Å². The minimum absolute atomic E-state index is 0.182. The minimum atomic E-state index is -0.182. The summed E-state index contributed by atoms with van der Waals surface area (Å²) in [6.07, 6.45) is 0. The molecule has 1 amide bonds. The van der Waals surface area contributed by atoms with Gasteiger partial charge in [0, 0.05) is 23.5 Å². The molecule has 0 fully saturated rings. The maximum atomic E-state index is 13.4. The number of likely N-dealkylation sites (N-methyl/N-ethyl adjacent to an activating group) is 1. The third kappa shape index (κ3) is 4.15. The van der Waals surface area contributed by atoms with Crippen molar-refractivity contribution in [3.63, 3.8) is 0 Å². The Labute approximate surface area is 178 Å². The number of thiazole rings is 1. The molecule has 4 aromatic rings. The number of halogens is 1. The van der Waals surface area contributed by atoms with Crippen LogP contribution in [0.3, 0.4) is 0 Å². The number of benzene rings is 2. The standard InChI is InChI=1S/C22H22ClN3O2S/c1-3-25(4-2)11-12-26(22-24-17-10-9-16(23)14-20(17)29-22)21(27)19-13-15-7-5-6-8-18(15)28-19/h5-10,13-14H,3-4,11-12H2,1-2H3. The van der Waals surface area contributed by atoms with Crippen LogP contribution in [0.5, 0.6) is 0 Å². The zero-order valence-electron chi connectivity index (χ0n) is 16.4. The number of furan rings is 1. The van der Waals surface area contributed by atoms with Gasteiger partial charge in [-0.1, -0.05) is 55.0 Å². The van der Waals surface area contributed by atoms with E-state index in [2.05, 4.69) is 23.7 Å². The third-order valence-electron chi connectivity index (χ3n) is 4.99. The molecule has 150 valence electrons. The smallest absolute Gasteiger partial charge is 0.295 e. The maximum absolute atomic E-state index is 13.4. The predicted molar refractivity (Wildman–Crippen MR) is 120 cm³/mol. The Morgan fingerprint density at radius 1 is 1.10 bits per heavy atom. The molecule has 0 aliphatic carbocycles. The van der Waals surface area contributed by atoms with Gasteiger partial charge in [0.1, 0.15) is 5.58 Å². The van der Waals surface area contributed by atoms with Crippen LogP contribution in [0.4, 0.5) is 5.13 Å². The molecule has 0 unspecified atom stereocenters. The highest BCUT2D eigenvalue weighted by Crippen LogP contribution is 2.32. The molecule has 0 atom stereocenters. The van der Waals surface area contributed by atoms with Crippen LogP contribution in [0.1, 0.15) is 24.4 Å². The second-order valence-electron chi connectivity index (χ2n) is 6.74. The van der Waals surface area contributed by atoms with Crippen LogP contribution in [0.15, 0.2) is 52.9 Å². The number of rotatable bonds is 7. The van der Waals surface area contributed by atoms with Crippen molar-refractivity contribution in [1.82, 2.24) is 9.88 Å². The average molecular weight is 428 g/mol. The van der Waals surface area contributed by atoms with Gasteiger partial charge in [-0.25, -0.2) is 4.98 Å². The molecular formula is C22H22ClN3O2S. The summed E-state index contributed by atoms with van der Waals surface area (Å²) in [6, 6.07) is 15.0. The molecule has 0 spiro atoms. The lowest BCUT2D eigenvalue weighted by atomic mass is 10.2. The Kier molecular flexibility index (Phi) is 5.85. The minimum Gasteiger partial charge on any atom is -0.451 e. The molecule has 29 heavy (non-hydrogen) atoms. The second kappa shape index (κ2) is 8.53. The lowest BCUT2D eigenvalue weighted by Crippen LogP contribution is -2.38. The van der Waals surface area contributed by atoms with E-state index in [9.17, 15) is 4.79 Å². The van der Waals surface area contributed by atoms with Crippen LogP contribution in [-0.4, -0.2) is 42.0 Å². The normalized spacial score (nSPS) is 11.6. The summed E-state index contributed by atoms with van der Waals surface area (Å²) in [5.41, 5.74) is 1.54. The SMILES string of the molecule is CCN(CC)CCN(C(=O)c1cc2ccccc2o1)c1nc2ccc(Cl)cc2s1. The molecule has 0 aliphatic heterocycles. The molecule has 2 aromatic heterocycles. The van der Waals surface area contributed by atoms with Gasteiger partial charge >= 0.3 is 0 Å². The Hall–Kier alpha value is -2.41. The number of aromatic nitrogens is 1. The van der Waals surface area contributed by atoms with Crippen LogP contribution >= 0.6 is 22.9 Å². The number of hydrogen-bond donors (Lipinski definition) is 0. The molecule has 2 heterocycles. The van der Waals surface area contributed by atoms with Crippen LogP contribution in [0, 0.1) is 0 Å². The van der Waals surface area contributed by atoms with Crippen molar-refractivity contribution in [2.24, 2.45) is 0 Å². The zero-order valence-corrected chi connectivity index (χ0v) is 18.0. The van der Waals surface area contributed by atoms with E-state index < -0.39 is 0 Å². The summed E-state index contributed by atoms with van der Waals surface area (Å²) in [6.45, 7) is 7.39. The molecule has 0 saturated heterocycles. The van der Waals surface area contributed by atoms with Crippen molar-refractivity contribution in [3.05, 3.63) is 59.3 Å². The molecule has 5 nitrogen and oxygen atoms in total. The molecule has 0 radical (unpaired) electrons. The van der Waals surface area contributed by atoms with Gasteiger partial charge in [0.2, 0.25) is 0 Å². The fourth-order valence-electron chi connectivity index (χ4n) is 3.29. The summed E-state index contributed by atoms with van der Waals surface area (Å²) in [5, 5.41) is 2.22. The van der Waals surface area contributed by atoms with E-state index >= 15 is 0 Å². The number of para-hydroxylation sites is 1. The number of nitrogens with zero attached hydrogens (tertiary/aromatic N) is 3. The van der Waals surface area contributed by atoms with E-state index in [1.807, 2.05) is 42.5 Å². The van der Waals surface area contributed by atoms with Crippen molar-refractivity contribution in [1.29, 1.82) is 0 Å². The van der Waals surface area contributed by atoms with Gasteiger partial charge in [0.25, 0.3) is 5.91 Å². The van der Waals surface area contributed by atoms with Gasteiger partial charge in [-0.15, -0.1) is 0 Å². The fourth-order valence-corrected chi connectivity index (χ4v) is 4.55. The number of carbonyl (C=O) groups is 1. The van der Waals surface area contributed by atoms with E-state index in [0.717, 1.165) is 35.2 Å². The van der Waals surface area contributed by atoms with E-state index in [0.29, 0.717) is 28.0 Å². The molecule has 0 bridgehead atoms.